The molecular formula is C21H25N5O4S. The molecule has 1 atom stereocenters. The SMILES string of the molecule is COCCN(CCOC)C(=O)CC1CSc2nc3c(cnn3-c3ccccc3)c(=O)n21. The lowest BCUT2D eigenvalue weighted by molar-refractivity contribution is -0.133. The summed E-state index contributed by atoms with van der Waals surface area (Å²) in [5.74, 6) is 0.599. The predicted molar refractivity (Wildman–Crippen MR) is 118 cm³/mol. The molecule has 1 aliphatic rings. The molecule has 3 heterocycles. The number of nitrogens with zero attached hydrogens (tertiary/aromatic N) is 5. The highest BCUT2D eigenvalue weighted by atomic mass is 32.2. The third-order valence-corrected chi connectivity index (χ3v) is 6.36. The van der Waals surface area contributed by atoms with Gasteiger partial charge in [0.05, 0.1) is 31.1 Å². The zero-order valence-electron chi connectivity index (χ0n) is 17.6. The van der Waals surface area contributed by atoms with Crippen molar-refractivity contribution in [2.24, 2.45) is 0 Å². The van der Waals surface area contributed by atoms with Gasteiger partial charge in [0.15, 0.2) is 10.8 Å². The minimum absolute atomic E-state index is 0.0282. The number of methoxy groups -OCH3 is 2. The molecule has 0 aliphatic carbocycles. The maximum atomic E-state index is 13.3. The molecule has 3 aromatic rings. The lowest BCUT2D eigenvalue weighted by Gasteiger charge is -2.24. The van der Waals surface area contributed by atoms with E-state index < -0.39 is 0 Å². The van der Waals surface area contributed by atoms with Crippen LogP contribution in [-0.4, -0.2) is 76.4 Å². The maximum absolute atomic E-state index is 13.3. The van der Waals surface area contributed by atoms with Gasteiger partial charge in [-0.05, 0) is 12.1 Å². The first-order valence-electron chi connectivity index (χ1n) is 10.1. The average Bonchev–Trinajstić information content (AvgIpc) is 3.39. The second-order valence-corrected chi connectivity index (χ2v) is 8.22. The van der Waals surface area contributed by atoms with E-state index >= 15 is 0 Å². The quantitative estimate of drug-likeness (QED) is 0.465. The number of hydrogen-bond donors (Lipinski definition) is 0. The van der Waals surface area contributed by atoms with Crippen LogP contribution in [0.5, 0.6) is 0 Å². The summed E-state index contributed by atoms with van der Waals surface area (Å²) in [6, 6.07) is 9.35. The van der Waals surface area contributed by atoms with Crippen molar-refractivity contribution in [3.05, 3.63) is 46.9 Å². The predicted octanol–water partition coefficient (Wildman–Crippen LogP) is 1.74. The maximum Gasteiger partial charge on any atom is 0.265 e. The third kappa shape index (κ3) is 4.36. The van der Waals surface area contributed by atoms with Gasteiger partial charge >= 0.3 is 0 Å². The van der Waals surface area contributed by atoms with E-state index in [1.54, 1.807) is 34.6 Å². The van der Waals surface area contributed by atoms with Crippen molar-refractivity contribution in [1.29, 1.82) is 0 Å². The first-order valence-corrected chi connectivity index (χ1v) is 11.1. The summed E-state index contributed by atoms with van der Waals surface area (Å²) in [5, 5.41) is 5.44. The molecule has 10 heteroatoms. The van der Waals surface area contributed by atoms with Crippen molar-refractivity contribution in [2.45, 2.75) is 17.6 Å². The fourth-order valence-corrected chi connectivity index (χ4v) is 4.76. The molecule has 0 saturated carbocycles. The minimum atomic E-state index is -0.246. The Balaban J connectivity index is 1.61. The molecule has 31 heavy (non-hydrogen) atoms. The molecule has 1 aromatic carbocycles. The Hall–Kier alpha value is -2.69. The number of amides is 1. The van der Waals surface area contributed by atoms with E-state index in [0.29, 0.717) is 48.2 Å². The van der Waals surface area contributed by atoms with Crippen molar-refractivity contribution in [3.63, 3.8) is 0 Å². The molecule has 0 fully saturated rings. The molecular weight excluding hydrogens is 418 g/mol. The van der Waals surface area contributed by atoms with Crippen molar-refractivity contribution in [1.82, 2.24) is 24.2 Å². The van der Waals surface area contributed by atoms with Gasteiger partial charge in [0.1, 0.15) is 5.39 Å². The van der Waals surface area contributed by atoms with Gasteiger partial charge in [-0.25, -0.2) is 9.67 Å². The molecule has 0 spiro atoms. The molecule has 0 bridgehead atoms. The summed E-state index contributed by atoms with van der Waals surface area (Å²) in [7, 11) is 3.21. The topological polar surface area (TPSA) is 91.5 Å². The molecule has 9 nitrogen and oxygen atoms in total. The molecule has 1 unspecified atom stereocenters. The summed E-state index contributed by atoms with van der Waals surface area (Å²) in [4.78, 5) is 32.6. The Kier molecular flexibility index (Phi) is 6.69. The van der Waals surface area contributed by atoms with E-state index in [2.05, 4.69) is 5.10 Å². The monoisotopic (exact) mass is 443 g/mol. The highest BCUT2D eigenvalue weighted by Crippen LogP contribution is 2.33. The Labute approximate surface area is 184 Å². The van der Waals surface area contributed by atoms with E-state index in [0.717, 1.165) is 5.69 Å². The summed E-state index contributed by atoms with van der Waals surface area (Å²) >= 11 is 1.49. The van der Waals surface area contributed by atoms with Crippen LogP contribution in [0.1, 0.15) is 12.5 Å². The number of rotatable bonds is 9. The third-order valence-electron chi connectivity index (χ3n) is 5.27. The zero-order valence-corrected chi connectivity index (χ0v) is 18.4. The van der Waals surface area contributed by atoms with E-state index in [4.69, 9.17) is 14.5 Å². The molecule has 0 saturated heterocycles. The molecule has 0 radical (unpaired) electrons. The van der Waals surface area contributed by atoms with Gasteiger partial charge in [-0.2, -0.15) is 5.10 Å². The molecule has 1 aliphatic heterocycles. The summed E-state index contributed by atoms with van der Waals surface area (Å²) in [6.45, 7) is 1.88. The number of carbonyl (C=O) groups excluding carboxylic acids is 1. The van der Waals surface area contributed by atoms with Gasteiger partial charge < -0.3 is 14.4 Å². The molecule has 1 amide bonds. The number of para-hydroxylation sites is 1. The van der Waals surface area contributed by atoms with E-state index in [1.807, 2.05) is 30.3 Å². The molecule has 4 rings (SSSR count). The number of benzene rings is 1. The Bertz CT molecular complexity index is 1110. The lowest BCUT2D eigenvalue weighted by atomic mass is 10.2. The Morgan fingerprint density at radius 3 is 2.58 bits per heavy atom. The summed E-state index contributed by atoms with van der Waals surface area (Å²) in [6.07, 6.45) is 1.78. The largest absolute Gasteiger partial charge is 0.383 e. The van der Waals surface area contributed by atoms with Crippen LogP contribution in [0.3, 0.4) is 0 Å². The van der Waals surface area contributed by atoms with Crippen LogP contribution in [-0.2, 0) is 14.3 Å². The first-order chi connectivity index (χ1) is 15.1. The van der Waals surface area contributed by atoms with Crippen molar-refractivity contribution < 1.29 is 14.3 Å². The number of aromatic nitrogens is 4. The summed E-state index contributed by atoms with van der Waals surface area (Å²) < 4.78 is 13.6. The van der Waals surface area contributed by atoms with E-state index in [9.17, 15) is 9.59 Å². The van der Waals surface area contributed by atoms with Crippen LogP contribution >= 0.6 is 11.8 Å². The molecule has 164 valence electrons. The van der Waals surface area contributed by atoms with Gasteiger partial charge in [0.25, 0.3) is 5.56 Å². The second-order valence-electron chi connectivity index (χ2n) is 7.23. The standard InChI is InChI=1S/C21H25N5O4S/c1-29-10-8-24(9-11-30-2)18(27)12-16-14-31-21-23-19-17(20(28)25(16)21)13-22-26(19)15-6-4-3-5-7-15/h3-7,13,16H,8-12,14H2,1-2H3. The minimum Gasteiger partial charge on any atom is -0.383 e. The fraction of sp³-hybridized carbons (Fsp3) is 0.429. The van der Waals surface area contributed by atoms with Crippen LogP contribution in [0, 0.1) is 0 Å². The van der Waals surface area contributed by atoms with Gasteiger partial charge in [-0.1, -0.05) is 30.0 Å². The van der Waals surface area contributed by atoms with Crippen LogP contribution < -0.4 is 5.56 Å². The highest BCUT2D eigenvalue weighted by molar-refractivity contribution is 7.99. The van der Waals surface area contributed by atoms with Crippen molar-refractivity contribution in [3.8, 4) is 5.69 Å². The van der Waals surface area contributed by atoms with Crippen LogP contribution in [0.15, 0.2) is 46.5 Å². The van der Waals surface area contributed by atoms with Crippen LogP contribution in [0.25, 0.3) is 16.7 Å². The highest BCUT2D eigenvalue weighted by Gasteiger charge is 2.30. The van der Waals surface area contributed by atoms with Crippen molar-refractivity contribution >= 4 is 28.7 Å². The van der Waals surface area contributed by atoms with Crippen molar-refractivity contribution in [2.75, 3.05) is 46.3 Å². The number of thioether (sulfide) groups is 1. The summed E-state index contributed by atoms with van der Waals surface area (Å²) in [5.41, 5.74) is 1.21. The van der Waals surface area contributed by atoms with E-state index in [-0.39, 0.29) is 23.9 Å². The average molecular weight is 444 g/mol. The molecule has 0 N–H and O–H groups in total. The molecule has 2 aromatic heterocycles. The zero-order chi connectivity index (χ0) is 21.8. The van der Waals surface area contributed by atoms with Crippen LogP contribution in [0.2, 0.25) is 0 Å². The van der Waals surface area contributed by atoms with Crippen LogP contribution in [0.4, 0.5) is 0 Å². The Morgan fingerprint density at radius 1 is 1.19 bits per heavy atom. The number of hydrogen-bond acceptors (Lipinski definition) is 7. The Morgan fingerprint density at radius 2 is 1.90 bits per heavy atom. The first kappa shape index (κ1) is 21.5. The second kappa shape index (κ2) is 9.63. The number of carbonyl (C=O) groups is 1. The van der Waals surface area contributed by atoms with Gasteiger partial charge in [-0.15, -0.1) is 0 Å². The van der Waals surface area contributed by atoms with Gasteiger partial charge in [0.2, 0.25) is 5.91 Å². The number of fused-ring (bicyclic) bond motifs is 2. The van der Waals surface area contributed by atoms with Gasteiger partial charge in [0, 0.05) is 39.5 Å². The van der Waals surface area contributed by atoms with Gasteiger partial charge in [-0.3, -0.25) is 14.2 Å². The lowest BCUT2D eigenvalue weighted by Crippen LogP contribution is -2.38. The van der Waals surface area contributed by atoms with E-state index in [1.165, 1.54) is 11.8 Å². The normalized spacial score (nSPS) is 15.4. The fourth-order valence-electron chi connectivity index (χ4n) is 3.63. The number of ether oxygens (including phenoxy) is 2. The smallest absolute Gasteiger partial charge is 0.265 e.